The molecule has 0 aliphatic heterocycles. The molecule has 0 amide bonds. The van der Waals surface area contributed by atoms with E-state index in [4.69, 9.17) is 10.0 Å². The van der Waals surface area contributed by atoms with Crippen molar-refractivity contribution in [2.75, 3.05) is 0 Å². The van der Waals surface area contributed by atoms with Crippen LogP contribution in [0.25, 0.3) is 6.08 Å². The quantitative estimate of drug-likeness (QED) is 0.731. The maximum absolute atomic E-state index is 8.84. The molecular formula is C8H8BBrO2. The van der Waals surface area contributed by atoms with Crippen molar-refractivity contribution < 1.29 is 10.0 Å². The highest BCUT2D eigenvalue weighted by Crippen LogP contribution is 2.01. The van der Waals surface area contributed by atoms with Gasteiger partial charge in [-0.25, -0.2) is 0 Å². The van der Waals surface area contributed by atoms with Gasteiger partial charge in [-0.2, -0.15) is 0 Å². The van der Waals surface area contributed by atoms with Gasteiger partial charge in [0.15, 0.2) is 0 Å². The Morgan fingerprint density at radius 1 is 1.33 bits per heavy atom. The second kappa shape index (κ2) is 4.45. The van der Waals surface area contributed by atoms with Gasteiger partial charge in [-0.15, -0.1) is 0 Å². The summed E-state index contributed by atoms with van der Waals surface area (Å²) in [6.07, 6.45) is 1.83. The van der Waals surface area contributed by atoms with Gasteiger partial charge in [-0.1, -0.05) is 40.2 Å². The van der Waals surface area contributed by atoms with E-state index in [1.807, 2.05) is 12.1 Å². The normalized spacial score (nSPS) is 10.6. The molecule has 0 aliphatic rings. The SMILES string of the molecule is OB(O)c1cccc(/C=C/Br)c1. The first-order chi connectivity index (χ1) is 5.74. The van der Waals surface area contributed by atoms with Crippen LogP contribution in [0.3, 0.4) is 0 Å². The van der Waals surface area contributed by atoms with Crippen LogP contribution in [0, 0.1) is 0 Å². The lowest BCUT2D eigenvalue weighted by Crippen LogP contribution is -2.29. The van der Waals surface area contributed by atoms with Gasteiger partial charge in [-0.3, -0.25) is 0 Å². The smallest absolute Gasteiger partial charge is 0.423 e. The number of hydrogen-bond acceptors (Lipinski definition) is 2. The summed E-state index contributed by atoms with van der Waals surface area (Å²) in [5.41, 5.74) is 1.43. The maximum atomic E-state index is 8.84. The average Bonchev–Trinajstić information content (AvgIpc) is 2.05. The third-order valence-electron chi connectivity index (χ3n) is 1.46. The van der Waals surface area contributed by atoms with E-state index in [9.17, 15) is 0 Å². The van der Waals surface area contributed by atoms with Crippen molar-refractivity contribution >= 4 is 34.6 Å². The van der Waals surface area contributed by atoms with Crippen molar-refractivity contribution in [2.24, 2.45) is 0 Å². The van der Waals surface area contributed by atoms with Crippen LogP contribution in [0.1, 0.15) is 5.56 Å². The molecule has 0 aliphatic carbocycles. The highest BCUT2D eigenvalue weighted by molar-refractivity contribution is 9.11. The lowest BCUT2D eigenvalue weighted by molar-refractivity contribution is 0.426. The standard InChI is InChI=1S/C8H8BBrO2/c10-5-4-7-2-1-3-8(6-7)9(11)12/h1-6,11-12H/b5-4+. The van der Waals surface area contributed by atoms with Crippen LogP contribution in [-0.4, -0.2) is 17.2 Å². The molecule has 0 radical (unpaired) electrons. The van der Waals surface area contributed by atoms with E-state index in [2.05, 4.69) is 15.9 Å². The summed E-state index contributed by atoms with van der Waals surface area (Å²) in [6.45, 7) is 0. The highest BCUT2D eigenvalue weighted by Gasteiger charge is 2.09. The summed E-state index contributed by atoms with van der Waals surface area (Å²) < 4.78 is 0. The van der Waals surface area contributed by atoms with Crippen molar-refractivity contribution in [2.45, 2.75) is 0 Å². The van der Waals surface area contributed by atoms with Crippen molar-refractivity contribution in [1.82, 2.24) is 0 Å². The van der Waals surface area contributed by atoms with Crippen molar-refractivity contribution in [3.05, 3.63) is 34.8 Å². The number of benzene rings is 1. The van der Waals surface area contributed by atoms with Gasteiger partial charge in [0.1, 0.15) is 0 Å². The molecule has 2 nitrogen and oxygen atoms in total. The Bertz CT molecular complexity index is 286. The van der Waals surface area contributed by atoms with Crippen LogP contribution in [-0.2, 0) is 0 Å². The third kappa shape index (κ3) is 2.48. The van der Waals surface area contributed by atoms with Gasteiger partial charge >= 0.3 is 7.12 Å². The van der Waals surface area contributed by atoms with E-state index in [0.717, 1.165) is 5.56 Å². The van der Waals surface area contributed by atoms with Crippen LogP contribution >= 0.6 is 15.9 Å². The largest absolute Gasteiger partial charge is 0.488 e. The van der Waals surface area contributed by atoms with Gasteiger partial charge in [-0.05, 0) is 22.1 Å². The van der Waals surface area contributed by atoms with Gasteiger partial charge in [0.25, 0.3) is 0 Å². The summed E-state index contributed by atoms with van der Waals surface area (Å²) in [5, 5.41) is 17.7. The summed E-state index contributed by atoms with van der Waals surface area (Å²) >= 11 is 3.14. The Kier molecular flexibility index (Phi) is 3.53. The van der Waals surface area contributed by atoms with Crippen LogP contribution in [0.2, 0.25) is 0 Å². The fourth-order valence-corrected chi connectivity index (χ4v) is 1.20. The molecule has 1 rings (SSSR count). The molecule has 0 saturated heterocycles. The van der Waals surface area contributed by atoms with Crippen LogP contribution in [0.5, 0.6) is 0 Å². The topological polar surface area (TPSA) is 40.5 Å². The fraction of sp³-hybridized carbons (Fsp3) is 0. The van der Waals surface area contributed by atoms with E-state index >= 15 is 0 Å². The zero-order chi connectivity index (χ0) is 8.97. The predicted octanol–water partition coefficient (Wildman–Crippen LogP) is 0.732. The second-order valence-corrected chi connectivity index (χ2v) is 2.87. The first-order valence-corrected chi connectivity index (χ1v) is 4.38. The molecule has 1 aromatic rings. The van der Waals surface area contributed by atoms with Gasteiger partial charge < -0.3 is 10.0 Å². The summed E-state index contributed by atoms with van der Waals surface area (Å²) in [7, 11) is -1.39. The van der Waals surface area contributed by atoms with E-state index < -0.39 is 7.12 Å². The fourth-order valence-electron chi connectivity index (χ4n) is 0.896. The molecule has 0 aromatic heterocycles. The minimum absolute atomic E-state index is 0.498. The van der Waals surface area contributed by atoms with E-state index in [1.165, 1.54) is 0 Å². The summed E-state index contributed by atoms with van der Waals surface area (Å²) in [4.78, 5) is 1.72. The third-order valence-corrected chi connectivity index (χ3v) is 1.73. The number of rotatable bonds is 2. The molecule has 1 aromatic carbocycles. The Balaban J connectivity index is 2.95. The van der Waals surface area contributed by atoms with Crippen molar-refractivity contribution in [3.8, 4) is 0 Å². The Morgan fingerprint density at radius 2 is 2.08 bits per heavy atom. The summed E-state index contributed by atoms with van der Waals surface area (Å²) in [6, 6.07) is 7.03. The van der Waals surface area contributed by atoms with E-state index in [-0.39, 0.29) is 0 Å². The average molecular weight is 227 g/mol. The molecule has 62 valence electrons. The van der Waals surface area contributed by atoms with Gasteiger partial charge in [0, 0.05) is 0 Å². The molecular weight excluding hydrogens is 219 g/mol. The zero-order valence-electron chi connectivity index (χ0n) is 6.31. The first-order valence-electron chi connectivity index (χ1n) is 3.47. The molecule has 12 heavy (non-hydrogen) atoms. The maximum Gasteiger partial charge on any atom is 0.488 e. The molecule has 0 spiro atoms. The Labute approximate surface area is 79.8 Å². The van der Waals surface area contributed by atoms with Crippen molar-refractivity contribution in [1.29, 1.82) is 0 Å². The minimum atomic E-state index is -1.39. The van der Waals surface area contributed by atoms with Gasteiger partial charge in [0.05, 0.1) is 0 Å². The van der Waals surface area contributed by atoms with Gasteiger partial charge in [0.2, 0.25) is 0 Å². The number of halogens is 1. The molecule has 0 bridgehead atoms. The van der Waals surface area contributed by atoms with E-state index in [0.29, 0.717) is 5.46 Å². The number of hydrogen-bond donors (Lipinski definition) is 2. The molecule has 0 fully saturated rings. The Morgan fingerprint density at radius 3 is 2.67 bits per heavy atom. The Hall–Kier alpha value is -0.575. The highest BCUT2D eigenvalue weighted by atomic mass is 79.9. The molecule has 0 atom stereocenters. The van der Waals surface area contributed by atoms with Crippen LogP contribution in [0.4, 0.5) is 0 Å². The lowest BCUT2D eigenvalue weighted by atomic mass is 9.80. The molecule has 0 heterocycles. The minimum Gasteiger partial charge on any atom is -0.423 e. The molecule has 2 N–H and O–H groups in total. The van der Waals surface area contributed by atoms with Crippen molar-refractivity contribution in [3.63, 3.8) is 0 Å². The molecule has 0 saturated carbocycles. The predicted molar refractivity (Wildman–Crippen MR) is 54.2 cm³/mol. The monoisotopic (exact) mass is 226 g/mol. The lowest BCUT2D eigenvalue weighted by Gasteiger charge is -1.99. The van der Waals surface area contributed by atoms with Crippen LogP contribution < -0.4 is 5.46 Å². The second-order valence-electron chi connectivity index (χ2n) is 2.34. The molecule has 4 heteroatoms. The van der Waals surface area contributed by atoms with Crippen LogP contribution in [0.15, 0.2) is 29.3 Å². The zero-order valence-corrected chi connectivity index (χ0v) is 7.90. The summed E-state index contributed by atoms with van der Waals surface area (Å²) in [5.74, 6) is 0. The first kappa shape index (κ1) is 9.51. The van der Waals surface area contributed by atoms with E-state index in [1.54, 1.807) is 23.2 Å². The molecule has 0 unspecified atom stereocenters.